The van der Waals surface area contributed by atoms with Crippen LogP contribution in [-0.2, 0) is 4.79 Å². The summed E-state index contributed by atoms with van der Waals surface area (Å²) in [5.41, 5.74) is 1.05. The molecule has 0 N–H and O–H groups in total. The van der Waals surface area contributed by atoms with E-state index < -0.39 is 0 Å². The number of rotatable bonds is 4. The van der Waals surface area contributed by atoms with Crippen LogP contribution in [0.2, 0.25) is 0 Å². The van der Waals surface area contributed by atoms with E-state index in [-0.39, 0.29) is 29.9 Å². The van der Waals surface area contributed by atoms with E-state index in [9.17, 15) is 9.59 Å². The summed E-state index contributed by atoms with van der Waals surface area (Å²) in [6.45, 7) is 7.42. The molecular weight excluding hydrogens is 264 g/mol. The van der Waals surface area contributed by atoms with Gasteiger partial charge in [-0.1, -0.05) is 43.3 Å². The van der Waals surface area contributed by atoms with Crippen LogP contribution in [0.5, 0.6) is 0 Å². The fourth-order valence-corrected chi connectivity index (χ4v) is 2.96. The van der Waals surface area contributed by atoms with Crippen molar-refractivity contribution in [3.05, 3.63) is 48.6 Å². The zero-order valence-corrected chi connectivity index (χ0v) is 12.8. The van der Waals surface area contributed by atoms with Crippen LogP contribution in [-0.4, -0.2) is 34.8 Å². The molecule has 4 heteroatoms. The summed E-state index contributed by atoms with van der Waals surface area (Å²) in [7, 11) is 1.75. The third kappa shape index (κ3) is 2.71. The molecule has 1 saturated heterocycles. The molecule has 0 bridgehead atoms. The molecule has 1 aliphatic heterocycles. The number of nitrogens with zero attached hydrogens (tertiary/aromatic N) is 2. The molecular formula is C17H22N2O2. The Balaban J connectivity index is 2.28. The summed E-state index contributed by atoms with van der Waals surface area (Å²) < 4.78 is 0. The molecule has 0 spiro atoms. The average Bonchev–Trinajstić information content (AvgIpc) is 2.70. The number of allylic oxidation sites excluding steroid dienone is 1. The number of amides is 3. The van der Waals surface area contributed by atoms with Crippen LogP contribution >= 0.6 is 0 Å². The van der Waals surface area contributed by atoms with Gasteiger partial charge in [0.15, 0.2) is 0 Å². The van der Waals surface area contributed by atoms with Gasteiger partial charge < -0.3 is 4.90 Å². The second-order valence-corrected chi connectivity index (χ2v) is 5.62. The van der Waals surface area contributed by atoms with Crippen molar-refractivity contribution in [3.8, 4) is 0 Å². The second kappa shape index (κ2) is 6.12. The van der Waals surface area contributed by atoms with Crippen molar-refractivity contribution in [2.24, 2.45) is 5.92 Å². The SMILES string of the molecule is C=CC[C@H](C)C(=O)N1C(=O)N(C)[C@@H](c2ccccc2)[C@H]1C. The van der Waals surface area contributed by atoms with Crippen molar-refractivity contribution >= 4 is 11.9 Å². The minimum absolute atomic E-state index is 0.0985. The topological polar surface area (TPSA) is 40.6 Å². The number of hydrogen-bond donors (Lipinski definition) is 0. The lowest BCUT2D eigenvalue weighted by molar-refractivity contribution is -0.132. The molecule has 0 radical (unpaired) electrons. The second-order valence-electron chi connectivity index (χ2n) is 5.62. The lowest BCUT2D eigenvalue weighted by Crippen LogP contribution is -2.41. The summed E-state index contributed by atoms with van der Waals surface area (Å²) in [5.74, 6) is -0.352. The van der Waals surface area contributed by atoms with E-state index >= 15 is 0 Å². The Morgan fingerprint density at radius 3 is 2.57 bits per heavy atom. The van der Waals surface area contributed by atoms with E-state index in [0.29, 0.717) is 6.42 Å². The highest BCUT2D eigenvalue weighted by Gasteiger charge is 2.45. The molecule has 1 heterocycles. The van der Waals surface area contributed by atoms with Gasteiger partial charge in [0, 0.05) is 13.0 Å². The Morgan fingerprint density at radius 2 is 2.00 bits per heavy atom. The van der Waals surface area contributed by atoms with Gasteiger partial charge in [0.05, 0.1) is 12.1 Å². The van der Waals surface area contributed by atoms with Crippen LogP contribution in [0.1, 0.15) is 31.9 Å². The van der Waals surface area contributed by atoms with Gasteiger partial charge in [-0.25, -0.2) is 4.79 Å². The van der Waals surface area contributed by atoms with Gasteiger partial charge in [-0.3, -0.25) is 9.69 Å². The van der Waals surface area contributed by atoms with Gasteiger partial charge in [-0.15, -0.1) is 6.58 Å². The first-order valence-corrected chi connectivity index (χ1v) is 7.24. The van der Waals surface area contributed by atoms with E-state index in [0.717, 1.165) is 5.56 Å². The first-order valence-electron chi connectivity index (χ1n) is 7.24. The van der Waals surface area contributed by atoms with Crippen LogP contribution in [0.25, 0.3) is 0 Å². The van der Waals surface area contributed by atoms with Gasteiger partial charge in [0.2, 0.25) is 5.91 Å². The Bertz CT molecular complexity index is 541. The summed E-state index contributed by atoms with van der Waals surface area (Å²) in [6.07, 6.45) is 2.29. The van der Waals surface area contributed by atoms with Crippen molar-refractivity contribution in [1.29, 1.82) is 0 Å². The first kappa shape index (κ1) is 15.3. The predicted molar refractivity (Wildman–Crippen MR) is 82.6 cm³/mol. The summed E-state index contributed by atoms with van der Waals surface area (Å²) in [4.78, 5) is 28.0. The summed E-state index contributed by atoms with van der Waals surface area (Å²) in [5, 5.41) is 0. The maximum atomic E-state index is 12.5. The molecule has 4 nitrogen and oxygen atoms in total. The lowest BCUT2D eigenvalue weighted by atomic mass is 9.99. The maximum Gasteiger partial charge on any atom is 0.327 e. The number of hydrogen-bond acceptors (Lipinski definition) is 2. The standard InChI is InChI=1S/C17H22N2O2/c1-5-9-12(2)16(20)19-13(3)15(18(4)17(19)21)14-10-7-6-8-11-14/h5-8,10-13,15H,1,9H2,2-4H3/t12-,13+,15+/m0/s1. The Labute approximate surface area is 126 Å². The highest BCUT2D eigenvalue weighted by Crippen LogP contribution is 2.34. The molecule has 0 unspecified atom stereocenters. The molecule has 2 rings (SSSR count). The molecule has 112 valence electrons. The smallest absolute Gasteiger partial charge is 0.318 e. The molecule has 1 aromatic rings. The van der Waals surface area contributed by atoms with Crippen molar-refractivity contribution < 1.29 is 9.59 Å². The molecule has 1 fully saturated rings. The van der Waals surface area contributed by atoms with E-state index in [2.05, 4.69) is 6.58 Å². The molecule has 3 amide bonds. The van der Waals surface area contributed by atoms with E-state index in [1.807, 2.05) is 44.2 Å². The quantitative estimate of drug-likeness (QED) is 0.797. The van der Waals surface area contributed by atoms with Crippen LogP contribution in [0, 0.1) is 5.92 Å². The number of carbonyl (C=O) groups excluding carboxylic acids is 2. The summed E-state index contributed by atoms with van der Waals surface area (Å²) in [6, 6.07) is 9.33. The molecule has 0 aliphatic carbocycles. The van der Waals surface area contributed by atoms with Crippen LogP contribution in [0.15, 0.2) is 43.0 Å². The predicted octanol–water partition coefficient (Wildman–Crippen LogP) is 3.22. The first-order chi connectivity index (χ1) is 9.99. The van der Waals surface area contributed by atoms with Crippen molar-refractivity contribution in [2.75, 3.05) is 7.05 Å². The third-order valence-corrected chi connectivity index (χ3v) is 4.11. The minimum Gasteiger partial charge on any atom is -0.318 e. The highest BCUT2D eigenvalue weighted by atomic mass is 16.2. The van der Waals surface area contributed by atoms with Gasteiger partial charge in [-0.05, 0) is 18.9 Å². The zero-order chi connectivity index (χ0) is 15.6. The largest absolute Gasteiger partial charge is 0.327 e. The molecule has 1 aliphatic rings. The molecule has 21 heavy (non-hydrogen) atoms. The van der Waals surface area contributed by atoms with Gasteiger partial charge in [0.25, 0.3) is 0 Å². The number of likely N-dealkylation sites (N-methyl/N-ethyl adjacent to an activating group) is 1. The molecule has 0 aromatic heterocycles. The Kier molecular flexibility index (Phi) is 4.46. The lowest BCUT2D eigenvalue weighted by Gasteiger charge is -2.24. The number of benzene rings is 1. The average molecular weight is 286 g/mol. The normalized spacial score (nSPS) is 23.3. The fourth-order valence-electron chi connectivity index (χ4n) is 2.96. The van der Waals surface area contributed by atoms with Crippen LogP contribution in [0.4, 0.5) is 4.79 Å². The third-order valence-electron chi connectivity index (χ3n) is 4.11. The van der Waals surface area contributed by atoms with E-state index in [1.54, 1.807) is 18.0 Å². The molecule has 0 saturated carbocycles. The zero-order valence-electron chi connectivity index (χ0n) is 12.8. The highest BCUT2D eigenvalue weighted by molar-refractivity contribution is 5.97. The Morgan fingerprint density at radius 1 is 1.38 bits per heavy atom. The minimum atomic E-state index is -0.225. The van der Waals surface area contributed by atoms with Crippen molar-refractivity contribution in [3.63, 3.8) is 0 Å². The van der Waals surface area contributed by atoms with E-state index in [1.165, 1.54) is 4.90 Å². The van der Waals surface area contributed by atoms with Crippen LogP contribution in [0.3, 0.4) is 0 Å². The fraction of sp³-hybridized carbons (Fsp3) is 0.412. The Hall–Kier alpha value is -2.10. The van der Waals surface area contributed by atoms with Crippen LogP contribution < -0.4 is 0 Å². The molecule has 1 aromatic carbocycles. The number of imide groups is 1. The number of carbonyl (C=O) groups is 2. The monoisotopic (exact) mass is 286 g/mol. The maximum absolute atomic E-state index is 12.5. The van der Waals surface area contributed by atoms with Gasteiger partial charge in [-0.2, -0.15) is 0 Å². The van der Waals surface area contributed by atoms with Crippen molar-refractivity contribution in [2.45, 2.75) is 32.4 Å². The summed E-state index contributed by atoms with van der Waals surface area (Å²) >= 11 is 0. The van der Waals surface area contributed by atoms with Gasteiger partial charge >= 0.3 is 6.03 Å². The van der Waals surface area contributed by atoms with E-state index in [4.69, 9.17) is 0 Å². The molecule has 3 atom stereocenters. The number of urea groups is 1. The van der Waals surface area contributed by atoms with Crippen molar-refractivity contribution in [1.82, 2.24) is 9.80 Å². The van der Waals surface area contributed by atoms with Gasteiger partial charge in [0.1, 0.15) is 0 Å².